The van der Waals surface area contributed by atoms with Crippen LogP contribution in [0.25, 0.3) is 0 Å². The highest BCUT2D eigenvalue weighted by atomic mass is 32.2. The van der Waals surface area contributed by atoms with E-state index in [1.54, 1.807) is 0 Å². The van der Waals surface area contributed by atoms with Crippen molar-refractivity contribution >= 4 is 11.2 Å². The van der Waals surface area contributed by atoms with E-state index in [-0.39, 0.29) is 0 Å². The van der Waals surface area contributed by atoms with Crippen molar-refractivity contribution in [3.05, 3.63) is 71.8 Å². The Morgan fingerprint density at radius 3 is 2.04 bits per heavy atom. The number of piperidine rings is 1. The topological polar surface area (TPSA) is 26.3 Å². The van der Waals surface area contributed by atoms with Gasteiger partial charge in [0.05, 0.1) is 0 Å². The minimum Gasteiger partial charge on any atom is -0.616 e. The van der Waals surface area contributed by atoms with Crippen LogP contribution in [0.2, 0.25) is 0 Å². The Hall–Kier alpha value is -1.29. The predicted octanol–water partition coefficient (Wildman–Crippen LogP) is 3.85. The first-order chi connectivity index (χ1) is 11.3. The van der Waals surface area contributed by atoms with Crippen LogP contribution in [0.5, 0.6) is 0 Å². The molecule has 23 heavy (non-hydrogen) atoms. The third kappa shape index (κ3) is 5.38. The second-order valence-electron chi connectivity index (χ2n) is 6.44. The summed E-state index contributed by atoms with van der Waals surface area (Å²) in [6, 6.07) is 20.9. The van der Waals surface area contributed by atoms with Gasteiger partial charge in [0.1, 0.15) is 11.5 Å². The Morgan fingerprint density at radius 2 is 1.43 bits per heavy atom. The first-order valence-electron chi connectivity index (χ1n) is 8.45. The molecule has 1 aliphatic heterocycles. The average Bonchev–Trinajstić information content (AvgIpc) is 2.58. The number of rotatable bonds is 6. The summed E-state index contributed by atoms with van der Waals surface area (Å²) in [5.41, 5.74) is 2.57. The van der Waals surface area contributed by atoms with Gasteiger partial charge in [0.15, 0.2) is 0 Å². The second-order valence-corrected chi connectivity index (χ2v) is 7.94. The summed E-state index contributed by atoms with van der Waals surface area (Å²) in [6.07, 6.45) is 2.35. The zero-order chi connectivity index (χ0) is 15.9. The van der Waals surface area contributed by atoms with E-state index in [1.807, 2.05) is 18.2 Å². The smallest absolute Gasteiger partial charge is 0.130 e. The molecule has 2 nitrogen and oxygen atoms in total. The highest BCUT2D eigenvalue weighted by Crippen LogP contribution is 2.22. The van der Waals surface area contributed by atoms with Crippen LogP contribution in [0, 0.1) is 5.92 Å². The maximum Gasteiger partial charge on any atom is 0.130 e. The number of nitrogens with zero attached hydrogens (tertiary/aromatic N) is 1. The first-order valence-corrected chi connectivity index (χ1v) is 9.93. The fourth-order valence-corrected chi connectivity index (χ4v) is 4.78. The van der Waals surface area contributed by atoms with Crippen LogP contribution < -0.4 is 0 Å². The van der Waals surface area contributed by atoms with E-state index in [2.05, 4.69) is 47.4 Å². The van der Waals surface area contributed by atoms with E-state index in [9.17, 15) is 4.55 Å². The largest absolute Gasteiger partial charge is 0.616 e. The summed E-state index contributed by atoms with van der Waals surface area (Å²) in [5, 5.41) is 0. The molecule has 3 rings (SSSR count). The predicted molar refractivity (Wildman–Crippen MR) is 97.6 cm³/mol. The van der Waals surface area contributed by atoms with Crippen molar-refractivity contribution in [2.75, 3.05) is 18.8 Å². The van der Waals surface area contributed by atoms with Crippen LogP contribution >= 0.6 is 0 Å². The zero-order valence-electron chi connectivity index (χ0n) is 13.6. The Bertz CT molecular complexity index is 567. The van der Waals surface area contributed by atoms with Crippen LogP contribution in [0.1, 0.15) is 24.0 Å². The van der Waals surface area contributed by atoms with Crippen LogP contribution in [0.4, 0.5) is 0 Å². The lowest BCUT2D eigenvalue weighted by molar-refractivity contribution is 0.186. The molecular weight excluding hydrogens is 302 g/mol. The van der Waals surface area contributed by atoms with Gasteiger partial charge in [-0.3, -0.25) is 4.90 Å². The molecule has 122 valence electrons. The molecule has 0 saturated carbocycles. The van der Waals surface area contributed by atoms with Gasteiger partial charge in [0, 0.05) is 18.0 Å². The van der Waals surface area contributed by atoms with Crippen molar-refractivity contribution in [3.8, 4) is 0 Å². The van der Waals surface area contributed by atoms with E-state index in [1.165, 1.54) is 24.0 Å². The zero-order valence-corrected chi connectivity index (χ0v) is 14.4. The lowest BCUT2D eigenvalue weighted by atomic mass is 9.98. The summed E-state index contributed by atoms with van der Waals surface area (Å²) in [5.74, 6) is 2.17. The Morgan fingerprint density at radius 1 is 0.870 bits per heavy atom. The summed E-state index contributed by atoms with van der Waals surface area (Å²) >= 11 is -0.736. The highest BCUT2D eigenvalue weighted by Gasteiger charge is 2.23. The van der Waals surface area contributed by atoms with E-state index in [4.69, 9.17) is 0 Å². The van der Waals surface area contributed by atoms with Gasteiger partial charge in [-0.2, -0.15) is 0 Å². The summed E-state index contributed by atoms with van der Waals surface area (Å²) in [6.45, 7) is 3.30. The molecule has 1 heterocycles. The molecule has 2 aromatic rings. The third-order valence-corrected chi connectivity index (χ3v) is 6.05. The molecule has 0 spiro atoms. The SMILES string of the molecule is [O-][S+](Cc1ccccc1)CC1CCN(Cc2ccccc2)CC1. The molecule has 1 atom stereocenters. The molecule has 1 saturated heterocycles. The molecule has 0 aliphatic carbocycles. The summed E-state index contributed by atoms with van der Waals surface area (Å²) in [4.78, 5) is 2.52. The lowest BCUT2D eigenvalue weighted by Gasteiger charge is -2.32. The molecular formula is C20H25NOS. The van der Waals surface area contributed by atoms with Crippen molar-refractivity contribution in [3.63, 3.8) is 0 Å². The molecule has 0 N–H and O–H groups in total. The van der Waals surface area contributed by atoms with E-state index < -0.39 is 11.2 Å². The van der Waals surface area contributed by atoms with Crippen LogP contribution in [0.3, 0.4) is 0 Å². The fraction of sp³-hybridized carbons (Fsp3) is 0.400. The minimum atomic E-state index is -0.736. The van der Waals surface area contributed by atoms with Gasteiger partial charge in [-0.25, -0.2) is 0 Å². The molecule has 0 aromatic heterocycles. The van der Waals surface area contributed by atoms with Gasteiger partial charge < -0.3 is 4.55 Å². The minimum absolute atomic E-state index is 0.617. The Balaban J connectivity index is 1.40. The van der Waals surface area contributed by atoms with Crippen LogP contribution in [0.15, 0.2) is 60.7 Å². The monoisotopic (exact) mass is 327 g/mol. The van der Waals surface area contributed by atoms with Gasteiger partial charge in [-0.15, -0.1) is 0 Å². The number of benzene rings is 2. The van der Waals surface area contributed by atoms with Crippen molar-refractivity contribution in [2.45, 2.75) is 25.1 Å². The number of hydrogen-bond donors (Lipinski definition) is 0. The van der Waals surface area contributed by atoms with Crippen LogP contribution in [-0.4, -0.2) is 28.3 Å². The Kier molecular flexibility index (Phi) is 6.14. The van der Waals surface area contributed by atoms with Crippen molar-refractivity contribution in [1.29, 1.82) is 0 Å². The van der Waals surface area contributed by atoms with E-state index in [0.717, 1.165) is 25.4 Å². The second kappa shape index (κ2) is 8.53. The number of hydrogen-bond acceptors (Lipinski definition) is 2. The Labute approximate surface area is 142 Å². The molecule has 1 unspecified atom stereocenters. The van der Waals surface area contributed by atoms with Gasteiger partial charge >= 0.3 is 0 Å². The molecule has 3 heteroatoms. The molecule has 1 aliphatic rings. The maximum atomic E-state index is 12.4. The average molecular weight is 327 g/mol. The maximum absolute atomic E-state index is 12.4. The van der Waals surface area contributed by atoms with Gasteiger partial charge in [-0.05, 0) is 42.7 Å². The highest BCUT2D eigenvalue weighted by molar-refractivity contribution is 7.90. The van der Waals surface area contributed by atoms with Gasteiger partial charge in [0.25, 0.3) is 0 Å². The molecule has 0 amide bonds. The van der Waals surface area contributed by atoms with Crippen molar-refractivity contribution < 1.29 is 4.55 Å². The third-order valence-electron chi connectivity index (χ3n) is 4.55. The summed E-state index contributed by atoms with van der Waals surface area (Å²) < 4.78 is 12.4. The number of likely N-dealkylation sites (tertiary alicyclic amines) is 1. The lowest BCUT2D eigenvalue weighted by Crippen LogP contribution is -2.35. The standard InChI is InChI=1S/C20H25NOS/c22-23(16-19-9-5-2-6-10-19)17-20-11-13-21(14-12-20)15-18-7-3-1-4-8-18/h1-10,20H,11-17H2. The molecule has 0 bridgehead atoms. The van der Waals surface area contributed by atoms with Crippen molar-refractivity contribution in [2.24, 2.45) is 5.92 Å². The van der Waals surface area contributed by atoms with Gasteiger partial charge in [-0.1, -0.05) is 60.7 Å². The molecule has 1 fully saturated rings. The van der Waals surface area contributed by atoms with Crippen molar-refractivity contribution in [1.82, 2.24) is 4.90 Å². The first kappa shape index (κ1) is 16.6. The van der Waals surface area contributed by atoms with E-state index >= 15 is 0 Å². The normalized spacial score (nSPS) is 18.0. The molecule has 2 aromatic carbocycles. The van der Waals surface area contributed by atoms with Crippen LogP contribution in [-0.2, 0) is 23.5 Å². The van der Waals surface area contributed by atoms with Gasteiger partial charge in [0.2, 0.25) is 0 Å². The quantitative estimate of drug-likeness (QED) is 0.753. The summed E-state index contributed by atoms with van der Waals surface area (Å²) in [7, 11) is 0. The molecule has 0 radical (unpaired) electrons. The van der Waals surface area contributed by atoms with E-state index in [0.29, 0.717) is 11.7 Å². The fourth-order valence-electron chi connectivity index (χ4n) is 3.23.